The molecule has 70 heavy (non-hydrogen) atoms. The van der Waals surface area contributed by atoms with Crippen molar-refractivity contribution in [1.82, 2.24) is 36.1 Å². The average Bonchev–Trinajstić information content (AvgIpc) is 3.97. The number of anilines is 2. The molecular weight excluding hydrogens is 895 g/mol. The Hall–Kier alpha value is -4.86. The lowest BCUT2D eigenvalue weighted by Gasteiger charge is -2.36. The van der Waals surface area contributed by atoms with Gasteiger partial charge in [-0.3, -0.25) is 19.3 Å². The molecule has 3 heterocycles. The second kappa shape index (κ2) is 27.1. The molecule has 3 amide bonds. The standard InChI is InChI=1S/C56H83N9O4S/c1-41(44-23-25-45(26-24-44)52-42(2)59-40-70-52)60-54(68)50-36-48(66)39-65(50)55(69)53(56(3,4)5)61-51(67)20-13-11-9-8-10-12-16-31-63-32-34-64(35-33-63)47-27-21-43(22-28-47)37-57-29-17-30-58-38-46-18-14-15-19-49(46)62(6)7/h14-15,18-19,21-28,40-41,48,50,53,57-58,66H,8-13,16-17,20,29-39H2,1-7H3,(H,60,68)(H,61,67)/t41-,48+,50-,53?/m0/s1. The van der Waals surface area contributed by atoms with Crippen LogP contribution in [0.25, 0.3) is 10.4 Å². The third kappa shape index (κ3) is 16.3. The molecule has 6 rings (SSSR count). The predicted octanol–water partition coefficient (Wildman–Crippen LogP) is 8.07. The van der Waals surface area contributed by atoms with E-state index in [0.29, 0.717) is 6.42 Å². The van der Waals surface area contributed by atoms with Gasteiger partial charge in [0.2, 0.25) is 17.7 Å². The van der Waals surface area contributed by atoms with Crippen LogP contribution in [0.5, 0.6) is 0 Å². The summed E-state index contributed by atoms with van der Waals surface area (Å²) in [5.74, 6) is -0.801. The largest absolute Gasteiger partial charge is 0.391 e. The molecule has 0 aliphatic carbocycles. The summed E-state index contributed by atoms with van der Waals surface area (Å²) >= 11 is 1.60. The third-order valence-corrected chi connectivity index (χ3v) is 14.9. The highest BCUT2D eigenvalue weighted by Gasteiger charge is 2.44. The number of thiazole rings is 1. The van der Waals surface area contributed by atoms with Gasteiger partial charge in [0.05, 0.1) is 28.2 Å². The van der Waals surface area contributed by atoms with Crippen LogP contribution < -0.4 is 31.1 Å². The molecule has 2 saturated heterocycles. The van der Waals surface area contributed by atoms with E-state index in [1.165, 1.54) is 46.7 Å². The Morgan fingerprint density at radius 2 is 1.47 bits per heavy atom. The molecule has 5 N–H and O–H groups in total. The van der Waals surface area contributed by atoms with Gasteiger partial charge in [0, 0.05) is 84.1 Å². The highest BCUT2D eigenvalue weighted by molar-refractivity contribution is 7.13. The Labute approximate surface area is 423 Å². The van der Waals surface area contributed by atoms with Crippen molar-refractivity contribution in [3.05, 3.63) is 101 Å². The maximum atomic E-state index is 14.1. The van der Waals surface area contributed by atoms with Gasteiger partial charge in [-0.2, -0.15) is 0 Å². The van der Waals surface area contributed by atoms with Crippen molar-refractivity contribution in [1.29, 1.82) is 0 Å². The van der Waals surface area contributed by atoms with E-state index in [9.17, 15) is 19.5 Å². The van der Waals surface area contributed by atoms with Crippen LogP contribution in [0.15, 0.2) is 78.3 Å². The monoisotopic (exact) mass is 978 g/mol. The van der Waals surface area contributed by atoms with Crippen molar-refractivity contribution < 1.29 is 19.5 Å². The van der Waals surface area contributed by atoms with E-state index in [2.05, 4.69) is 104 Å². The topological polar surface area (TPSA) is 145 Å². The molecule has 4 atom stereocenters. The molecule has 2 fully saturated rings. The number of nitrogens with one attached hydrogen (secondary N) is 4. The fraction of sp³-hybridized carbons (Fsp3) is 0.571. The summed E-state index contributed by atoms with van der Waals surface area (Å²) in [7, 11) is 4.19. The van der Waals surface area contributed by atoms with E-state index >= 15 is 0 Å². The zero-order valence-electron chi connectivity index (χ0n) is 43.3. The minimum Gasteiger partial charge on any atom is -0.391 e. The number of aromatic nitrogens is 1. The Bertz CT molecular complexity index is 2220. The maximum Gasteiger partial charge on any atom is 0.246 e. The zero-order chi connectivity index (χ0) is 50.0. The number of hydrogen-bond acceptors (Lipinski definition) is 11. The van der Waals surface area contributed by atoms with Gasteiger partial charge in [-0.25, -0.2) is 4.98 Å². The van der Waals surface area contributed by atoms with Crippen LogP contribution in [0.3, 0.4) is 0 Å². The van der Waals surface area contributed by atoms with E-state index in [1.807, 2.05) is 64.4 Å². The molecule has 1 unspecified atom stereocenters. The molecule has 0 spiro atoms. The number of rotatable bonds is 26. The van der Waals surface area contributed by atoms with Crippen molar-refractivity contribution in [3.63, 3.8) is 0 Å². The summed E-state index contributed by atoms with van der Waals surface area (Å²) in [6.07, 6.45) is 8.39. The molecule has 0 saturated carbocycles. The number of aliphatic hydroxyl groups excluding tert-OH is 1. The first-order valence-corrected chi connectivity index (χ1v) is 26.9. The summed E-state index contributed by atoms with van der Waals surface area (Å²) in [5, 5.41) is 24.0. The van der Waals surface area contributed by atoms with Crippen LogP contribution in [0.2, 0.25) is 0 Å². The fourth-order valence-electron chi connectivity index (χ4n) is 9.70. The number of hydrogen-bond donors (Lipinski definition) is 5. The van der Waals surface area contributed by atoms with Gasteiger partial charge in [-0.15, -0.1) is 11.3 Å². The van der Waals surface area contributed by atoms with Gasteiger partial charge >= 0.3 is 0 Å². The van der Waals surface area contributed by atoms with Gasteiger partial charge in [0.25, 0.3) is 0 Å². The number of piperazine rings is 1. The van der Waals surface area contributed by atoms with Crippen molar-refractivity contribution >= 4 is 40.4 Å². The number of aryl methyl sites for hydroxylation is 1. The number of nitrogens with zero attached hydrogens (tertiary/aromatic N) is 5. The van der Waals surface area contributed by atoms with Crippen molar-refractivity contribution in [2.45, 2.75) is 136 Å². The maximum absolute atomic E-state index is 14.1. The molecule has 0 radical (unpaired) electrons. The second-order valence-electron chi connectivity index (χ2n) is 20.8. The number of carbonyl (C=O) groups is 3. The first-order chi connectivity index (χ1) is 33.7. The predicted molar refractivity (Wildman–Crippen MR) is 287 cm³/mol. The molecule has 3 aromatic carbocycles. The summed E-state index contributed by atoms with van der Waals surface area (Å²) < 4.78 is 0. The van der Waals surface area contributed by atoms with E-state index < -0.39 is 23.6 Å². The quantitative estimate of drug-likeness (QED) is 0.0392. The van der Waals surface area contributed by atoms with Crippen molar-refractivity contribution in [3.8, 4) is 10.4 Å². The molecule has 1 aromatic heterocycles. The summed E-state index contributed by atoms with van der Waals surface area (Å²) in [5.41, 5.74) is 9.48. The SMILES string of the molecule is Cc1ncsc1-c1ccc([C@H](C)NC(=O)[C@@H]2C[C@@H](O)CN2C(=O)C(NC(=O)CCCCCCCCCN2CCN(c3ccc(CNCCCNCc4ccccc4N(C)C)cc3)CC2)C(C)(C)C)cc1. The minimum atomic E-state index is -0.827. The number of carbonyl (C=O) groups excluding carboxylic acids is 3. The summed E-state index contributed by atoms with van der Waals surface area (Å²) in [6.45, 7) is 18.9. The lowest BCUT2D eigenvalue weighted by atomic mass is 9.85. The van der Waals surface area contributed by atoms with Crippen LogP contribution in [0.1, 0.15) is 120 Å². The highest BCUT2D eigenvalue weighted by Crippen LogP contribution is 2.30. The first kappa shape index (κ1) is 54.5. The average molecular weight is 978 g/mol. The molecule has 2 aliphatic rings. The highest BCUT2D eigenvalue weighted by atomic mass is 32.1. The second-order valence-corrected chi connectivity index (χ2v) is 21.7. The number of amides is 3. The zero-order valence-corrected chi connectivity index (χ0v) is 44.1. The number of unbranched alkanes of at least 4 members (excludes halogenated alkanes) is 6. The van der Waals surface area contributed by atoms with Gasteiger partial charge in [-0.05, 0) is 98.6 Å². The number of benzene rings is 3. The Kier molecular flexibility index (Phi) is 21.1. The van der Waals surface area contributed by atoms with Crippen LogP contribution in [0, 0.1) is 12.3 Å². The van der Waals surface area contributed by atoms with Gasteiger partial charge in [0.1, 0.15) is 12.1 Å². The summed E-state index contributed by atoms with van der Waals surface area (Å²) in [6, 6.07) is 23.8. The third-order valence-electron chi connectivity index (χ3n) is 13.9. The summed E-state index contributed by atoms with van der Waals surface area (Å²) in [4.78, 5) is 55.2. The van der Waals surface area contributed by atoms with E-state index in [1.54, 1.807) is 11.3 Å². The lowest BCUT2D eigenvalue weighted by molar-refractivity contribution is -0.144. The molecule has 4 aromatic rings. The number of likely N-dealkylation sites (tertiary alicyclic amines) is 1. The van der Waals surface area contributed by atoms with Crippen LogP contribution in [0.4, 0.5) is 11.4 Å². The Morgan fingerprint density at radius 1 is 0.814 bits per heavy atom. The van der Waals surface area contributed by atoms with Crippen molar-refractivity contribution in [2.24, 2.45) is 5.41 Å². The minimum absolute atomic E-state index is 0.0514. The van der Waals surface area contributed by atoms with E-state index in [-0.39, 0.29) is 36.7 Å². The van der Waals surface area contributed by atoms with Crippen LogP contribution >= 0.6 is 11.3 Å². The first-order valence-electron chi connectivity index (χ1n) is 26.0. The smallest absolute Gasteiger partial charge is 0.246 e. The molecule has 2 aliphatic heterocycles. The van der Waals surface area contributed by atoms with E-state index in [0.717, 1.165) is 113 Å². The molecule has 382 valence electrons. The fourth-order valence-corrected chi connectivity index (χ4v) is 10.5. The molecular formula is C56H83N9O4S. The van der Waals surface area contributed by atoms with Crippen molar-refractivity contribution in [2.75, 3.05) is 76.3 Å². The van der Waals surface area contributed by atoms with Crippen LogP contribution in [-0.2, 0) is 27.5 Å². The number of β-amino-alcohol motifs (C(OH)–C–C–N with tert-alkyl or cyclic N) is 1. The number of aliphatic hydroxyl groups is 1. The van der Waals surface area contributed by atoms with E-state index in [4.69, 9.17) is 0 Å². The van der Waals surface area contributed by atoms with Gasteiger partial charge in [-0.1, -0.05) is 107 Å². The van der Waals surface area contributed by atoms with Crippen LogP contribution in [-0.4, -0.2) is 122 Å². The molecule has 14 heteroatoms. The Morgan fingerprint density at radius 3 is 2.13 bits per heavy atom. The molecule has 0 bridgehead atoms. The Balaban J connectivity index is 0.798. The van der Waals surface area contributed by atoms with Gasteiger partial charge in [0.15, 0.2) is 0 Å². The lowest BCUT2D eigenvalue weighted by Crippen LogP contribution is -2.57. The van der Waals surface area contributed by atoms with Gasteiger partial charge < -0.3 is 41.1 Å². The molecule has 13 nitrogen and oxygen atoms in total. The normalized spacial score (nSPS) is 17.4. The number of para-hydroxylation sites is 1.